The Hall–Kier alpha value is -1.08. The van der Waals surface area contributed by atoms with Crippen molar-refractivity contribution in [2.45, 2.75) is 30.7 Å². The first-order valence-corrected chi connectivity index (χ1v) is 11.1. The lowest BCUT2D eigenvalue weighted by atomic mass is 9.88. The van der Waals surface area contributed by atoms with Gasteiger partial charge in [0.1, 0.15) is 0 Å². The predicted octanol–water partition coefficient (Wildman–Crippen LogP) is 2.26. The van der Waals surface area contributed by atoms with Crippen LogP contribution in [0.3, 0.4) is 0 Å². The number of piperidine rings is 1. The highest BCUT2D eigenvalue weighted by Crippen LogP contribution is 2.26. The highest BCUT2D eigenvalue weighted by molar-refractivity contribution is 7.99. The van der Waals surface area contributed by atoms with Crippen molar-refractivity contribution < 1.29 is 9.90 Å². The van der Waals surface area contributed by atoms with Crippen LogP contribution in [0.5, 0.6) is 0 Å². The Kier molecular flexibility index (Phi) is 7.58. The van der Waals surface area contributed by atoms with Gasteiger partial charge in [0.25, 0.3) is 5.91 Å². The molecule has 0 bridgehead atoms. The van der Waals surface area contributed by atoms with E-state index >= 15 is 0 Å². The van der Waals surface area contributed by atoms with Gasteiger partial charge in [-0.25, -0.2) is 0 Å². The van der Waals surface area contributed by atoms with Gasteiger partial charge in [-0.2, -0.15) is 0 Å². The first kappa shape index (κ1) is 20.6. The average molecular weight is 392 g/mol. The third-order valence-corrected chi connectivity index (χ3v) is 7.08. The van der Waals surface area contributed by atoms with Crippen LogP contribution in [-0.4, -0.2) is 90.4 Å². The number of rotatable bonds is 6. The molecule has 0 saturated carbocycles. The fourth-order valence-corrected chi connectivity index (χ4v) is 4.81. The monoisotopic (exact) mass is 391 g/mol. The molecule has 2 heterocycles. The van der Waals surface area contributed by atoms with E-state index in [1.54, 1.807) is 11.8 Å². The van der Waals surface area contributed by atoms with Crippen LogP contribution in [0.2, 0.25) is 0 Å². The van der Waals surface area contributed by atoms with Crippen LogP contribution in [0.4, 0.5) is 0 Å². The second-order valence-electron chi connectivity index (χ2n) is 7.81. The van der Waals surface area contributed by atoms with Gasteiger partial charge in [0.15, 0.2) is 0 Å². The number of thioether (sulfide) groups is 1. The maximum atomic E-state index is 12.8. The third kappa shape index (κ3) is 5.47. The van der Waals surface area contributed by atoms with Gasteiger partial charge in [0, 0.05) is 61.5 Å². The molecular formula is C21H33N3O2S. The fourth-order valence-electron chi connectivity index (χ4n) is 4.15. The number of hydrogen-bond donors (Lipinski definition) is 1. The Morgan fingerprint density at radius 3 is 2.33 bits per heavy atom. The molecule has 0 aliphatic carbocycles. The summed E-state index contributed by atoms with van der Waals surface area (Å²) in [5.41, 5.74) is 0.772. The minimum absolute atomic E-state index is 0.152. The minimum atomic E-state index is 0.152. The molecule has 1 atom stereocenters. The minimum Gasteiger partial charge on any atom is -0.396 e. The molecule has 5 nitrogen and oxygen atoms in total. The van der Waals surface area contributed by atoms with Gasteiger partial charge >= 0.3 is 0 Å². The summed E-state index contributed by atoms with van der Waals surface area (Å²) in [6.07, 6.45) is 2.20. The van der Waals surface area contributed by atoms with E-state index in [9.17, 15) is 4.79 Å². The molecule has 150 valence electrons. The quantitative estimate of drug-likeness (QED) is 0.754. The van der Waals surface area contributed by atoms with Crippen LogP contribution in [0.25, 0.3) is 0 Å². The first-order chi connectivity index (χ1) is 13.1. The summed E-state index contributed by atoms with van der Waals surface area (Å²) in [5, 5.41) is 8.91. The van der Waals surface area contributed by atoms with Crippen LogP contribution < -0.4 is 0 Å². The second kappa shape index (κ2) is 9.92. The number of carbonyl (C=O) groups is 1. The maximum absolute atomic E-state index is 12.8. The summed E-state index contributed by atoms with van der Waals surface area (Å²) in [7, 11) is 2.20. The lowest BCUT2D eigenvalue weighted by Gasteiger charge is -2.42. The van der Waals surface area contributed by atoms with Crippen LogP contribution in [0.1, 0.15) is 30.1 Å². The topological polar surface area (TPSA) is 47.0 Å². The zero-order chi connectivity index (χ0) is 19.2. The lowest BCUT2D eigenvalue weighted by molar-refractivity contribution is 0.0500. The van der Waals surface area contributed by atoms with Crippen molar-refractivity contribution in [2.75, 3.05) is 58.7 Å². The number of aliphatic hydroxyl groups is 1. The molecule has 2 aliphatic heterocycles. The number of hydrogen-bond acceptors (Lipinski definition) is 5. The number of piperazine rings is 1. The van der Waals surface area contributed by atoms with E-state index in [0.717, 1.165) is 62.6 Å². The van der Waals surface area contributed by atoms with Crippen molar-refractivity contribution in [1.29, 1.82) is 0 Å². The Labute approximate surface area is 167 Å². The van der Waals surface area contributed by atoms with E-state index in [1.807, 2.05) is 29.2 Å². The molecule has 3 rings (SSSR count). The standard InChI is InChI=1S/C21H33N3O2S/c1-17(23-13-11-22(2)12-14-23)18-7-9-24(10-8-18)21(26)19-3-5-20(6-4-19)27-16-15-25/h3-6,17-18,25H,7-16H2,1-2H3. The van der Waals surface area contributed by atoms with Gasteiger partial charge in [0.2, 0.25) is 0 Å². The Bertz CT molecular complexity index is 594. The van der Waals surface area contributed by atoms with E-state index in [2.05, 4.69) is 23.8 Å². The van der Waals surface area contributed by atoms with E-state index in [4.69, 9.17) is 5.11 Å². The van der Waals surface area contributed by atoms with Crippen LogP contribution in [0.15, 0.2) is 29.2 Å². The van der Waals surface area contributed by atoms with Gasteiger partial charge in [0.05, 0.1) is 6.61 Å². The summed E-state index contributed by atoms with van der Waals surface area (Å²) in [5.74, 6) is 1.53. The van der Waals surface area contributed by atoms with E-state index < -0.39 is 0 Å². The predicted molar refractivity (Wildman–Crippen MR) is 111 cm³/mol. The van der Waals surface area contributed by atoms with Crippen molar-refractivity contribution in [1.82, 2.24) is 14.7 Å². The molecule has 1 unspecified atom stereocenters. The zero-order valence-electron chi connectivity index (χ0n) is 16.6. The van der Waals surface area contributed by atoms with Crippen molar-refractivity contribution >= 4 is 17.7 Å². The number of aliphatic hydroxyl groups excluding tert-OH is 1. The highest BCUT2D eigenvalue weighted by Gasteiger charge is 2.30. The van der Waals surface area contributed by atoms with Gasteiger partial charge in [-0.1, -0.05) is 0 Å². The van der Waals surface area contributed by atoms with Crippen molar-refractivity contribution in [3.63, 3.8) is 0 Å². The molecule has 1 N–H and O–H groups in total. The second-order valence-corrected chi connectivity index (χ2v) is 8.97. The van der Waals surface area contributed by atoms with Crippen molar-refractivity contribution in [2.24, 2.45) is 5.92 Å². The van der Waals surface area contributed by atoms with Gasteiger partial charge < -0.3 is 14.9 Å². The molecule has 2 fully saturated rings. The summed E-state index contributed by atoms with van der Waals surface area (Å²) >= 11 is 1.61. The maximum Gasteiger partial charge on any atom is 0.253 e. The molecule has 1 amide bonds. The lowest BCUT2D eigenvalue weighted by Crippen LogP contribution is -2.52. The largest absolute Gasteiger partial charge is 0.396 e. The number of likely N-dealkylation sites (N-methyl/N-ethyl adjacent to an activating group) is 1. The average Bonchev–Trinajstić information content (AvgIpc) is 2.72. The molecule has 0 spiro atoms. The Morgan fingerprint density at radius 2 is 1.74 bits per heavy atom. The normalized spacial score (nSPS) is 21.4. The smallest absolute Gasteiger partial charge is 0.253 e. The zero-order valence-corrected chi connectivity index (χ0v) is 17.5. The number of amides is 1. The Morgan fingerprint density at radius 1 is 1.11 bits per heavy atom. The van der Waals surface area contributed by atoms with Crippen LogP contribution >= 0.6 is 11.8 Å². The molecule has 0 aromatic heterocycles. The summed E-state index contributed by atoms with van der Waals surface area (Å²) in [4.78, 5) is 20.9. The van der Waals surface area contributed by atoms with E-state index in [0.29, 0.717) is 17.7 Å². The highest BCUT2D eigenvalue weighted by atomic mass is 32.2. The molecule has 1 aromatic rings. The molecule has 1 aromatic carbocycles. The molecule has 6 heteroatoms. The molecule has 2 saturated heterocycles. The number of benzene rings is 1. The van der Waals surface area contributed by atoms with Crippen molar-refractivity contribution in [3.8, 4) is 0 Å². The SMILES string of the molecule is CC(C1CCN(C(=O)c2ccc(SCCO)cc2)CC1)N1CCN(C)CC1. The number of nitrogens with zero attached hydrogens (tertiary/aromatic N) is 3. The fraction of sp³-hybridized carbons (Fsp3) is 0.667. The van der Waals surface area contributed by atoms with Crippen LogP contribution in [-0.2, 0) is 0 Å². The molecule has 0 radical (unpaired) electrons. The third-order valence-electron chi connectivity index (χ3n) is 6.08. The Balaban J connectivity index is 1.48. The van der Waals surface area contributed by atoms with Gasteiger partial charge in [-0.15, -0.1) is 11.8 Å². The van der Waals surface area contributed by atoms with Gasteiger partial charge in [-0.3, -0.25) is 9.69 Å². The first-order valence-electron chi connectivity index (χ1n) is 10.1. The molecule has 2 aliphatic rings. The van der Waals surface area contributed by atoms with E-state index in [-0.39, 0.29) is 12.5 Å². The summed E-state index contributed by atoms with van der Waals surface area (Å²) in [6.45, 7) is 8.92. The number of carbonyl (C=O) groups excluding carboxylic acids is 1. The summed E-state index contributed by atoms with van der Waals surface area (Å²) in [6, 6.07) is 8.41. The van der Waals surface area contributed by atoms with Crippen LogP contribution in [0, 0.1) is 5.92 Å². The van der Waals surface area contributed by atoms with Gasteiger partial charge in [-0.05, 0) is 57.0 Å². The summed E-state index contributed by atoms with van der Waals surface area (Å²) < 4.78 is 0. The van der Waals surface area contributed by atoms with E-state index in [1.165, 1.54) is 0 Å². The molecule has 27 heavy (non-hydrogen) atoms. The van der Waals surface area contributed by atoms with Crippen molar-refractivity contribution in [3.05, 3.63) is 29.8 Å². The number of likely N-dealkylation sites (tertiary alicyclic amines) is 1. The molecular weight excluding hydrogens is 358 g/mol.